The molecule has 62 heavy (non-hydrogen) atoms. The van der Waals surface area contributed by atoms with Gasteiger partial charge in [-0.15, -0.1) is 0 Å². The minimum atomic E-state index is -4.88. The molecular formula is C38H32Cl2N10O10S2. The quantitative estimate of drug-likeness (QED) is 0.0314. The third kappa shape index (κ3) is 11.9. The van der Waals surface area contributed by atoms with Gasteiger partial charge in [-0.25, -0.2) is 9.59 Å². The van der Waals surface area contributed by atoms with Crippen LogP contribution in [0.15, 0.2) is 94.7 Å². The average Bonchev–Trinajstić information content (AvgIpc) is 3.20. The van der Waals surface area contributed by atoms with Gasteiger partial charge in [-0.1, -0.05) is 24.3 Å². The van der Waals surface area contributed by atoms with Gasteiger partial charge < -0.3 is 30.7 Å². The number of carbonyl (C=O) groups is 2. The molecule has 6 rings (SSSR count). The van der Waals surface area contributed by atoms with E-state index >= 15 is 0 Å². The van der Waals surface area contributed by atoms with Crippen molar-refractivity contribution < 1.29 is 45.0 Å². The van der Waals surface area contributed by atoms with E-state index in [0.717, 1.165) is 12.1 Å². The normalized spacial score (nSPS) is 11.5. The van der Waals surface area contributed by atoms with Crippen molar-refractivity contribution in [3.63, 3.8) is 0 Å². The van der Waals surface area contributed by atoms with Crippen LogP contribution in [-0.2, 0) is 29.7 Å². The van der Waals surface area contributed by atoms with Crippen LogP contribution in [0.3, 0.4) is 0 Å². The lowest BCUT2D eigenvalue weighted by Gasteiger charge is -2.12. The van der Waals surface area contributed by atoms with Crippen molar-refractivity contribution in [2.45, 2.75) is 23.6 Å². The molecule has 0 unspecified atom stereocenters. The zero-order valence-corrected chi connectivity index (χ0v) is 35.2. The molecule has 0 fully saturated rings. The predicted octanol–water partition coefficient (Wildman–Crippen LogP) is 7.36. The van der Waals surface area contributed by atoms with Crippen LogP contribution in [0.2, 0.25) is 10.6 Å². The van der Waals surface area contributed by atoms with E-state index in [4.69, 9.17) is 32.7 Å². The number of hydrogen-bond acceptors (Lipinski definition) is 18. The molecule has 0 radical (unpaired) electrons. The molecule has 0 aliphatic rings. The molecule has 24 heteroatoms. The number of anilines is 8. The molecule has 2 heterocycles. The Kier molecular flexibility index (Phi) is 13.9. The van der Waals surface area contributed by atoms with Crippen molar-refractivity contribution in [1.29, 1.82) is 0 Å². The van der Waals surface area contributed by atoms with Crippen LogP contribution in [0.4, 0.5) is 46.5 Å². The van der Waals surface area contributed by atoms with Gasteiger partial charge >= 0.3 is 11.9 Å². The lowest BCUT2D eigenvalue weighted by atomic mass is 10.1. The Morgan fingerprint density at radius 3 is 1.15 bits per heavy atom. The number of halogens is 2. The Balaban J connectivity index is 1.20. The number of hydrogen-bond donors (Lipinski definition) is 6. The van der Waals surface area contributed by atoms with Gasteiger partial charge in [0.05, 0.1) is 24.3 Å². The molecule has 6 aromatic rings. The number of nitrogens with one attached hydrogen (secondary N) is 4. The van der Waals surface area contributed by atoms with Crippen molar-refractivity contribution >= 4 is 114 Å². The first kappa shape index (κ1) is 44.7. The van der Waals surface area contributed by atoms with Gasteiger partial charge in [0.25, 0.3) is 20.2 Å². The smallest absolute Gasteiger partial charge is 0.338 e. The summed E-state index contributed by atoms with van der Waals surface area (Å²) in [5, 5.41) is 11.0. The monoisotopic (exact) mass is 922 g/mol. The third-order valence-electron chi connectivity index (χ3n) is 8.06. The Labute approximate surface area is 363 Å². The highest BCUT2D eigenvalue weighted by atomic mass is 35.5. The van der Waals surface area contributed by atoms with Crippen LogP contribution in [0.1, 0.15) is 45.7 Å². The Hall–Kier alpha value is -6.82. The molecule has 20 nitrogen and oxygen atoms in total. The Bertz CT molecular complexity index is 2710. The van der Waals surface area contributed by atoms with Gasteiger partial charge in [0, 0.05) is 22.7 Å². The molecule has 0 spiro atoms. The van der Waals surface area contributed by atoms with Crippen LogP contribution in [0.25, 0.3) is 12.2 Å². The minimum absolute atomic E-state index is 0.00298. The van der Waals surface area contributed by atoms with Crippen molar-refractivity contribution in [2.24, 2.45) is 0 Å². The summed E-state index contributed by atoms with van der Waals surface area (Å²) < 4.78 is 80.4. The molecular weight excluding hydrogens is 892 g/mol. The summed E-state index contributed by atoms with van der Waals surface area (Å²) in [5.74, 6) is -1.20. The molecule has 2 aromatic heterocycles. The predicted molar refractivity (Wildman–Crippen MR) is 229 cm³/mol. The van der Waals surface area contributed by atoms with Gasteiger partial charge in [0.2, 0.25) is 34.4 Å². The van der Waals surface area contributed by atoms with E-state index in [1.54, 1.807) is 38.1 Å². The van der Waals surface area contributed by atoms with Crippen LogP contribution >= 0.6 is 23.2 Å². The van der Waals surface area contributed by atoms with Gasteiger partial charge in [-0.05, 0) is 121 Å². The fourth-order valence-corrected chi connectivity index (χ4v) is 7.11. The first-order valence-corrected chi connectivity index (χ1v) is 21.5. The molecule has 0 saturated carbocycles. The van der Waals surface area contributed by atoms with Crippen LogP contribution in [-0.4, -0.2) is 81.0 Å². The summed E-state index contributed by atoms with van der Waals surface area (Å²) in [6.45, 7) is 3.83. The van der Waals surface area contributed by atoms with Gasteiger partial charge in [0.15, 0.2) is 0 Å². The summed E-state index contributed by atoms with van der Waals surface area (Å²) in [5.41, 5.74) is 1.70. The highest BCUT2D eigenvalue weighted by molar-refractivity contribution is 7.86. The van der Waals surface area contributed by atoms with E-state index in [9.17, 15) is 35.5 Å². The van der Waals surface area contributed by atoms with Crippen LogP contribution in [0, 0.1) is 0 Å². The van der Waals surface area contributed by atoms with E-state index < -0.39 is 42.0 Å². The standard InChI is InChI=1S/C38H32Cl2N10O10S2/c1-3-59-31(51)23-9-13-25(14-10-23)41-35-45-33(39)47-37(49-35)43-27-17-7-21(29(19-27)61(53,54)55)5-6-22-8-18-28(20-30(22)62(56,57)58)44-38-48-34(40)46-36(50-38)42-26-15-11-24(12-16-26)32(52)60-4-2/h5-20H,3-4H2,1-2H3,(H,53,54,55)(H,56,57,58)(H2,41,43,45,47,49)(H2,42,44,46,48,50)/b6-5+. The Morgan fingerprint density at radius 2 is 0.839 bits per heavy atom. The molecule has 320 valence electrons. The van der Waals surface area contributed by atoms with Crippen molar-refractivity contribution in [2.75, 3.05) is 34.5 Å². The first-order chi connectivity index (χ1) is 29.5. The Morgan fingerprint density at radius 1 is 0.532 bits per heavy atom. The molecule has 0 aliphatic heterocycles. The van der Waals surface area contributed by atoms with E-state index in [1.165, 1.54) is 60.7 Å². The maximum atomic E-state index is 12.5. The second kappa shape index (κ2) is 19.3. The fourth-order valence-electron chi connectivity index (χ4n) is 5.37. The molecule has 0 amide bonds. The second-order valence-corrected chi connectivity index (χ2v) is 15.8. The third-order valence-corrected chi connectivity index (χ3v) is 10.2. The number of aromatic nitrogens is 6. The molecule has 4 aromatic carbocycles. The number of rotatable bonds is 16. The van der Waals surface area contributed by atoms with Crippen LogP contribution in [0.5, 0.6) is 0 Å². The number of nitrogens with zero attached hydrogens (tertiary/aromatic N) is 6. The summed E-state index contributed by atoms with van der Waals surface area (Å²) in [4.78, 5) is 47.3. The van der Waals surface area contributed by atoms with Crippen molar-refractivity contribution in [3.05, 3.63) is 118 Å². The number of esters is 2. The molecule has 6 N–H and O–H groups in total. The van der Waals surface area contributed by atoms with Gasteiger partial charge in [-0.2, -0.15) is 46.7 Å². The molecule has 0 aliphatic carbocycles. The maximum Gasteiger partial charge on any atom is 0.338 e. The van der Waals surface area contributed by atoms with E-state index in [2.05, 4.69) is 51.2 Å². The molecule has 0 saturated heterocycles. The SMILES string of the molecule is CCOC(=O)c1ccc(Nc2nc(Cl)nc(Nc3ccc(/C=C/c4ccc(Nc5nc(Cl)nc(Nc6ccc(C(=O)OCC)cc6)n5)cc4S(=O)(=O)O)c(S(=O)(=O)O)c3)n2)cc1. The largest absolute Gasteiger partial charge is 0.462 e. The van der Waals surface area contributed by atoms with E-state index in [-0.39, 0.29) is 70.1 Å². The topological polar surface area (TPSA) is 287 Å². The van der Waals surface area contributed by atoms with Crippen molar-refractivity contribution in [3.8, 4) is 0 Å². The number of benzene rings is 4. The summed E-state index contributed by atoms with van der Waals surface area (Å²) in [6.07, 6.45) is 2.42. The zero-order chi connectivity index (χ0) is 44.6. The highest BCUT2D eigenvalue weighted by Gasteiger charge is 2.19. The number of carbonyl (C=O) groups excluding carboxylic acids is 2. The summed E-state index contributed by atoms with van der Waals surface area (Å²) >= 11 is 12.3. The molecule has 0 atom stereocenters. The lowest BCUT2D eigenvalue weighted by Crippen LogP contribution is -2.07. The fraction of sp³-hybridized carbons (Fsp3) is 0.105. The minimum Gasteiger partial charge on any atom is -0.462 e. The van der Waals surface area contributed by atoms with Crippen LogP contribution < -0.4 is 21.3 Å². The molecule has 0 bridgehead atoms. The zero-order valence-electron chi connectivity index (χ0n) is 32.1. The van der Waals surface area contributed by atoms with Crippen molar-refractivity contribution in [1.82, 2.24) is 29.9 Å². The highest BCUT2D eigenvalue weighted by Crippen LogP contribution is 2.29. The maximum absolute atomic E-state index is 12.5. The van der Waals surface area contributed by atoms with Gasteiger partial charge in [0.1, 0.15) is 9.79 Å². The lowest BCUT2D eigenvalue weighted by molar-refractivity contribution is 0.0517. The second-order valence-electron chi connectivity index (χ2n) is 12.4. The number of ether oxygens (including phenoxy) is 2. The summed E-state index contributed by atoms with van der Waals surface area (Å²) in [6, 6.07) is 20.1. The van der Waals surface area contributed by atoms with Gasteiger partial charge in [-0.3, -0.25) is 9.11 Å². The average molecular weight is 924 g/mol. The summed E-state index contributed by atoms with van der Waals surface area (Å²) in [7, 11) is -9.77. The first-order valence-electron chi connectivity index (χ1n) is 17.8. The van der Waals surface area contributed by atoms with E-state index in [1.807, 2.05) is 0 Å². The van der Waals surface area contributed by atoms with E-state index in [0.29, 0.717) is 22.5 Å².